The molecular weight excluding hydrogens is 779 g/mol. The summed E-state index contributed by atoms with van der Waals surface area (Å²) < 4.78 is 33.4. The van der Waals surface area contributed by atoms with Crippen LogP contribution >= 0.6 is 7.82 Å². The highest BCUT2D eigenvalue weighted by Gasteiger charge is 2.51. The van der Waals surface area contributed by atoms with Crippen LogP contribution in [0.25, 0.3) is 0 Å². The Morgan fingerprint density at radius 3 is 1.61 bits per heavy atom. The lowest BCUT2D eigenvalue weighted by molar-refractivity contribution is -0.220. The monoisotopic (exact) mass is 854 g/mol. The van der Waals surface area contributed by atoms with Gasteiger partial charge in [-0.3, -0.25) is 18.6 Å². The molecule has 0 radical (unpaired) electrons. The summed E-state index contributed by atoms with van der Waals surface area (Å²) in [5.74, 6) is -1.15. The maximum atomic E-state index is 12.8. The molecular formula is C45H75O13P. The van der Waals surface area contributed by atoms with E-state index in [1.165, 1.54) is 19.3 Å². The van der Waals surface area contributed by atoms with Gasteiger partial charge in [-0.1, -0.05) is 138 Å². The van der Waals surface area contributed by atoms with E-state index in [1.807, 2.05) is 36.5 Å². The number of carbonyl (C=O) groups is 2. The second kappa shape index (κ2) is 34.9. The van der Waals surface area contributed by atoms with Crippen molar-refractivity contribution in [2.24, 2.45) is 0 Å². The Bertz CT molecular complexity index is 1310. The van der Waals surface area contributed by atoms with Crippen LogP contribution in [0.5, 0.6) is 0 Å². The summed E-state index contributed by atoms with van der Waals surface area (Å²) >= 11 is 0. The SMILES string of the molecule is CC/C=C/C=C/C=C/C=C/CCCCCCCC(=O)OC[C@H](COP(=O)(O)OC1C(O)C(O)C(O)[C@@H](O)C1O)OC(=O)CCCCCCC/C=C/C/C=C/CCCCC. The van der Waals surface area contributed by atoms with Crippen LogP contribution in [0.1, 0.15) is 142 Å². The molecule has 6 N–H and O–H groups in total. The van der Waals surface area contributed by atoms with Gasteiger partial charge in [-0.05, 0) is 64.2 Å². The van der Waals surface area contributed by atoms with Gasteiger partial charge in [-0.15, -0.1) is 0 Å². The van der Waals surface area contributed by atoms with Gasteiger partial charge in [0.2, 0.25) is 0 Å². The van der Waals surface area contributed by atoms with Gasteiger partial charge in [-0.2, -0.15) is 0 Å². The quantitative estimate of drug-likeness (QED) is 0.0120. The molecule has 0 bridgehead atoms. The molecule has 0 aromatic heterocycles. The van der Waals surface area contributed by atoms with Gasteiger partial charge in [0.05, 0.1) is 6.61 Å². The van der Waals surface area contributed by atoms with Crippen molar-refractivity contribution in [1.82, 2.24) is 0 Å². The Balaban J connectivity index is 2.52. The smallest absolute Gasteiger partial charge is 0.462 e. The van der Waals surface area contributed by atoms with E-state index >= 15 is 0 Å². The van der Waals surface area contributed by atoms with E-state index in [2.05, 4.69) is 50.3 Å². The average Bonchev–Trinajstić information content (AvgIpc) is 3.21. The summed E-state index contributed by atoms with van der Waals surface area (Å²) in [6, 6.07) is 0. The Morgan fingerprint density at radius 1 is 0.559 bits per heavy atom. The fourth-order valence-corrected chi connectivity index (χ4v) is 7.06. The third-order valence-electron chi connectivity index (χ3n) is 9.63. The van der Waals surface area contributed by atoms with Crippen molar-refractivity contribution in [3.8, 4) is 0 Å². The molecule has 0 aromatic rings. The number of esters is 2. The highest BCUT2D eigenvalue weighted by Crippen LogP contribution is 2.47. The van der Waals surface area contributed by atoms with Gasteiger partial charge < -0.3 is 39.9 Å². The zero-order chi connectivity index (χ0) is 43.6. The molecule has 6 unspecified atom stereocenters. The minimum atomic E-state index is -5.13. The predicted octanol–water partition coefficient (Wildman–Crippen LogP) is 7.94. The first kappa shape index (κ1) is 54.3. The molecule has 0 aromatic carbocycles. The summed E-state index contributed by atoms with van der Waals surface area (Å²) in [6.45, 7) is 3.08. The van der Waals surface area contributed by atoms with Crippen LogP contribution in [0.15, 0.2) is 72.9 Å². The lowest BCUT2D eigenvalue weighted by Gasteiger charge is -2.41. The number of aliphatic hydroxyl groups excluding tert-OH is 5. The molecule has 0 saturated heterocycles. The number of carbonyl (C=O) groups excluding carboxylic acids is 2. The number of phosphoric acid groups is 1. The topological polar surface area (TPSA) is 210 Å². The van der Waals surface area contributed by atoms with E-state index in [1.54, 1.807) is 0 Å². The Labute approximate surface area is 353 Å². The highest BCUT2D eigenvalue weighted by molar-refractivity contribution is 7.47. The summed E-state index contributed by atoms with van der Waals surface area (Å²) in [5.41, 5.74) is 0. The van der Waals surface area contributed by atoms with Crippen molar-refractivity contribution in [2.75, 3.05) is 13.2 Å². The van der Waals surface area contributed by atoms with E-state index in [-0.39, 0.29) is 12.8 Å². The number of ether oxygens (including phenoxy) is 2. The van der Waals surface area contributed by atoms with Gasteiger partial charge in [0.25, 0.3) is 0 Å². The molecule has 0 amide bonds. The fraction of sp³-hybridized carbons (Fsp3) is 0.689. The first-order chi connectivity index (χ1) is 28.4. The highest BCUT2D eigenvalue weighted by atomic mass is 31.2. The second-order valence-corrected chi connectivity index (χ2v) is 16.3. The largest absolute Gasteiger partial charge is 0.472 e. The molecule has 0 heterocycles. The molecule has 14 heteroatoms. The molecule has 1 fully saturated rings. The van der Waals surface area contributed by atoms with Gasteiger partial charge in [0.15, 0.2) is 6.10 Å². The minimum absolute atomic E-state index is 0.0710. The first-order valence-electron chi connectivity index (χ1n) is 21.8. The van der Waals surface area contributed by atoms with Crippen molar-refractivity contribution in [2.45, 2.75) is 185 Å². The van der Waals surface area contributed by atoms with E-state index in [0.29, 0.717) is 12.8 Å². The zero-order valence-electron chi connectivity index (χ0n) is 35.5. The maximum absolute atomic E-state index is 12.8. The van der Waals surface area contributed by atoms with Crippen molar-refractivity contribution in [3.05, 3.63) is 72.9 Å². The summed E-state index contributed by atoms with van der Waals surface area (Å²) in [5, 5.41) is 50.1. The van der Waals surface area contributed by atoms with Crippen LogP contribution in [-0.4, -0.2) is 98.3 Å². The molecule has 1 aliphatic carbocycles. The molecule has 8 atom stereocenters. The van der Waals surface area contributed by atoms with Crippen LogP contribution in [-0.2, 0) is 32.7 Å². The molecule has 1 saturated carbocycles. The summed E-state index contributed by atoms with van der Waals surface area (Å²) in [7, 11) is -5.13. The van der Waals surface area contributed by atoms with E-state index < -0.39 is 75.7 Å². The lowest BCUT2D eigenvalue weighted by atomic mass is 9.85. The Morgan fingerprint density at radius 2 is 1.03 bits per heavy atom. The number of hydrogen-bond donors (Lipinski definition) is 6. The van der Waals surface area contributed by atoms with Crippen LogP contribution in [0.3, 0.4) is 0 Å². The van der Waals surface area contributed by atoms with Crippen molar-refractivity contribution in [1.29, 1.82) is 0 Å². The second-order valence-electron chi connectivity index (χ2n) is 14.9. The summed E-state index contributed by atoms with van der Waals surface area (Å²) in [6.07, 6.45) is 29.5. The number of aliphatic hydroxyl groups is 5. The van der Waals surface area contributed by atoms with E-state index in [9.17, 15) is 44.6 Å². The van der Waals surface area contributed by atoms with Crippen LogP contribution in [0.2, 0.25) is 0 Å². The number of rotatable bonds is 34. The van der Waals surface area contributed by atoms with E-state index in [4.69, 9.17) is 18.5 Å². The third-order valence-corrected chi connectivity index (χ3v) is 10.6. The Kier molecular flexibility index (Phi) is 32.2. The molecule has 59 heavy (non-hydrogen) atoms. The standard InChI is InChI=1S/C45H75O13P/c1-3-5-7-9-11-13-15-17-19-21-23-25-27-29-31-33-38(46)55-35-37(36-56-59(53,54)58-45-43(51)41(49)40(48)42(50)44(45)52)57-39(47)34-32-30-28-26-24-22-20-18-16-14-12-10-8-6-4-2/h5,7,9,11-15,17-20,37,40-45,48-52H,3-4,6,8,10,16,21-36H2,1-2H3,(H,53,54)/b7-5+,11-9+,14-12+,15-13+,19-17+,20-18+/t37-,40?,41-,42?,43?,44?,45?/m1/s1. The molecule has 0 spiro atoms. The molecule has 13 nitrogen and oxygen atoms in total. The number of hydrogen-bond acceptors (Lipinski definition) is 12. The van der Waals surface area contributed by atoms with Crippen molar-refractivity contribution >= 4 is 19.8 Å². The third kappa shape index (κ3) is 27.7. The normalized spacial score (nSPS) is 23.1. The summed E-state index contributed by atoms with van der Waals surface area (Å²) in [4.78, 5) is 35.6. The average molecular weight is 855 g/mol. The van der Waals surface area contributed by atoms with E-state index in [0.717, 1.165) is 83.5 Å². The van der Waals surface area contributed by atoms with Crippen LogP contribution in [0, 0.1) is 0 Å². The molecule has 0 aliphatic heterocycles. The number of allylic oxidation sites excluding steroid dienone is 12. The number of phosphoric ester groups is 1. The van der Waals surface area contributed by atoms with Gasteiger partial charge in [0, 0.05) is 12.8 Å². The molecule has 338 valence electrons. The minimum Gasteiger partial charge on any atom is -0.462 e. The predicted molar refractivity (Wildman–Crippen MR) is 230 cm³/mol. The van der Waals surface area contributed by atoms with Crippen molar-refractivity contribution < 1.29 is 63.1 Å². The zero-order valence-corrected chi connectivity index (χ0v) is 36.4. The maximum Gasteiger partial charge on any atom is 0.472 e. The van der Waals surface area contributed by atoms with Gasteiger partial charge >= 0.3 is 19.8 Å². The van der Waals surface area contributed by atoms with Crippen molar-refractivity contribution in [3.63, 3.8) is 0 Å². The van der Waals surface area contributed by atoms with Crippen LogP contribution < -0.4 is 0 Å². The first-order valence-corrected chi connectivity index (χ1v) is 23.3. The van der Waals surface area contributed by atoms with Crippen LogP contribution in [0.4, 0.5) is 0 Å². The Hall–Kier alpha value is -2.71. The number of unbranched alkanes of at least 4 members (excludes halogenated alkanes) is 13. The lowest BCUT2D eigenvalue weighted by Crippen LogP contribution is -2.64. The van der Waals surface area contributed by atoms with Gasteiger partial charge in [-0.25, -0.2) is 4.57 Å². The van der Waals surface area contributed by atoms with Gasteiger partial charge in [0.1, 0.15) is 43.2 Å². The molecule has 1 rings (SSSR count). The molecule has 1 aliphatic rings. The fourth-order valence-electron chi connectivity index (χ4n) is 6.09.